The van der Waals surface area contributed by atoms with Gasteiger partial charge < -0.3 is 15.6 Å². The first-order valence-electron chi connectivity index (χ1n) is 6.66. The molecule has 0 aromatic carbocycles. The van der Waals surface area contributed by atoms with Gasteiger partial charge in [0.25, 0.3) is 5.91 Å². The summed E-state index contributed by atoms with van der Waals surface area (Å²) in [5.41, 5.74) is 5.21. The van der Waals surface area contributed by atoms with Crippen LogP contribution in [0.5, 0.6) is 0 Å². The lowest BCUT2D eigenvalue weighted by molar-refractivity contribution is 0.0991. The molecule has 100 valence electrons. The van der Waals surface area contributed by atoms with Crippen LogP contribution in [0.4, 0.5) is 0 Å². The van der Waals surface area contributed by atoms with Crippen molar-refractivity contribution in [2.24, 2.45) is 5.73 Å². The number of nitrogens with one attached hydrogen (secondary N) is 1. The number of piperidine rings is 1. The summed E-state index contributed by atoms with van der Waals surface area (Å²) in [6.45, 7) is 3.49. The second kappa shape index (κ2) is 6.00. The summed E-state index contributed by atoms with van der Waals surface area (Å²) >= 11 is 0. The van der Waals surface area contributed by atoms with Gasteiger partial charge in [0.05, 0.1) is 0 Å². The van der Waals surface area contributed by atoms with Crippen LogP contribution in [0.3, 0.4) is 0 Å². The van der Waals surface area contributed by atoms with E-state index in [0.29, 0.717) is 5.92 Å². The van der Waals surface area contributed by atoms with Gasteiger partial charge in [-0.2, -0.15) is 0 Å². The Morgan fingerprint density at radius 1 is 1.44 bits per heavy atom. The Morgan fingerprint density at radius 2 is 2.22 bits per heavy atom. The van der Waals surface area contributed by atoms with Crippen molar-refractivity contribution in [1.29, 1.82) is 0 Å². The van der Waals surface area contributed by atoms with E-state index in [0.717, 1.165) is 24.6 Å². The van der Waals surface area contributed by atoms with Crippen LogP contribution < -0.4 is 11.1 Å². The molecular weight excluding hydrogens is 230 g/mol. The van der Waals surface area contributed by atoms with Crippen LogP contribution >= 0.6 is 0 Å². The van der Waals surface area contributed by atoms with E-state index in [2.05, 4.69) is 17.4 Å². The van der Waals surface area contributed by atoms with Crippen LogP contribution in [-0.2, 0) is 0 Å². The molecule has 1 saturated carbocycles. The van der Waals surface area contributed by atoms with Crippen LogP contribution in [0.2, 0.25) is 0 Å². The van der Waals surface area contributed by atoms with Crippen molar-refractivity contribution in [3.8, 4) is 0 Å². The molecule has 1 aromatic rings. The summed E-state index contributed by atoms with van der Waals surface area (Å²) < 4.78 is 4.90. The fourth-order valence-corrected chi connectivity index (χ4v) is 1.99. The molecule has 1 aliphatic carbocycles. The largest absolute Gasteiger partial charge is 0.364 e. The van der Waals surface area contributed by atoms with Gasteiger partial charge in [-0.3, -0.25) is 4.79 Å². The Bertz CT molecular complexity index is 393. The quantitative estimate of drug-likeness (QED) is 0.839. The molecule has 0 spiro atoms. The number of carbonyl (C=O) groups is 1. The third-order valence-electron chi connectivity index (χ3n) is 3.32. The summed E-state index contributed by atoms with van der Waals surface area (Å²) in [7, 11) is 0. The summed E-state index contributed by atoms with van der Waals surface area (Å²) in [6.07, 6.45) is 6.44. The Kier molecular flexibility index (Phi) is 4.36. The maximum atomic E-state index is 10.6. The van der Waals surface area contributed by atoms with E-state index in [4.69, 9.17) is 10.3 Å². The predicted octanol–water partition coefficient (Wildman–Crippen LogP) is 1.80. The van der Waals surface area contributed by atoms with Gasteiger partial charge in [-0.05, 0) is 39.2 Å². The van der Waals surface area contributed by atoms with Crippen molar-refractivity contribution in [1.82, 2.24) is 10.5 Å². The van der Waals surface area contributed by atoms with E-state index in [1.165, 1.54) is 25.8 Å². The first kappa shape index (κ1) is 13.1. The minimum absolute atomic E-state index is 0.229. The molecule has 1 atom stereocenters. The number of primary amides is 1. The number of rotatable bonds is 2. The zero-order chi connectivity index (χ0) is 13.0. The molecule has 3 rings (SSSR count). The molecule has 1 unspecified atom stereocenters. The number of hydrogen-bond donors (Lipinski definition) is 2. The zero-order valence-electron chi connectivity index (χ0n) is 10.8. The third kappa shape index (κ3) is 3.84. The van der Waals surface area contributed by atoms with Gasteiger partial charge in [-0.15, -0.1) is 0 Å². The Hall–Kier alpha value is -1.36. The molecule has 3 N–H and O–H groups in total. The Morgan fingerprint density at radius 3 is 2.61 bits per heavy atom. The molecule has 5 heteroatoms. The third-order valence-corrected chi connectivity index (χ3v) is 3.32. The van der Waals surface area contributed by atoms with Crippen molar-refractivity contribution < 1.29 is 9.32 Å². The Balaban J connectivity index is 0.000000149. The predicted molar refractivity (Wildman–Crippen MR) is 68.3 cm³/mol. The molecule has 1 amide bonds. The van der Waals surface area contributed by atoms with Crippen molar-refractivity contribution in [2.45, 2.75) is 51.0 Å². The lowest BCUT2D eigenvalue weighted by atomic mass is 10.1. The summed E-state index contributed by atoms with van der Waals surface area (Å²) in [5, 5.41) is 6.91. The maximum Gasteiger partial charge on any atom is 0.270 e. The van der Waals surface area contributed by atoms with Crippen LogP contribution in [0.15, 0.2) is 10.6 Å². The number of aromatic nitrogens is 1. The molecule has 1 saturated heterocycles. The minimum Gasteiger partial charge on any atom is -0.364 e. The molecule has 1 aromatic heterocycles. The highest BCUT2D eigenvalue weighted by Crippen LogP contribution is 2.40. The highest BCUT2D eigenvalue weighted by Gasteiger charge is 2.28. The van der Waals surface area contributed by atoms with Crippen molar-refractivity contribution in [3.05, 3.63) is 17.5 Å². The zero-order valence-corrected chi connectivity index (χ0v) is 10.8. The molecule has 0 radical (unpaired) electrons. The monoisotopic (exact) mass is 251 g/mol. The summed E-state index contributed by atoms with van der Waals surface area (Å²) in [4.78, 5) is 10.6. The van der Waals surface area contributed by atoms with E-state index in [-0.39, 0.29) is 5.69 Å². The van der Waals surface area contributed by atoms with Crippen molar-refractivity contribution >= 4 is 5.91 Å². The average Bonchev–Trinajstić information content (AvgIpc) is 3.08. The van der Waals surface area contributed by atoms with Gasteiger partial charge in [0.1, 0.15) is 5.76 Å². The average molecular weight is 251 g/mol. The fraction of sp³-hybridized carbons (Fsp3) is 0.692. The van der Waals surface area contributed by atoms with Crippen molar-refractivity contribution in [3.63, 3.8) is 0 Å². The number of amides is 1. The second-order valence-electron chi connectivity index (χ2n) is 5.10. The molecule has 2 heterocycles. The SMILES string of the molecule is CC1CCCCN1.NC(=O)c1cc(C2CC2)on1. The van der Waals surface area contributed by atoms with E-state index < -0.39 is 5.91 Å². The topological polar surface area (TPSA) is 81.1 Å². The van der Waals surface area contributed by atoms with Gasteiger partial charge in [0, 0.05) is 18.0 Å². The smallest absolute Gasteiger partial charge is 0.270 e. The Labute approximate surface area is 107 Å². The molecule has 0 bridgehead atoms. The lowest BCUT2D eigenvalue weighted by Gasteiger charge is -2.18. The highest BCUT2D eigenvalue weighted by molar-refractivity contribution is 5.90. The first-order valence-corrected chi connectivity index (χ1v) is 6.66. The molecule has 5 nitrogen and oxygen atoms in total. The number of hydrogen-bond acceptors (Lipinski definition) is 4. The first-order chi connectivity index (χ1) is 8.66. The van der Waals surface area contributed by atoms with Gasteiger partial charge >= 0.3 is 0 Å². The summed E-state index contributed by atoms with van der Waals surface area (Å²) in [5.74, 6) is 0.745. The van der Waals surface area contributed by atoms with Gasteiger partial charge in [0.2, 0.25) is 0 Å². The van der Waals surface area contributed by atoms with Crippen LogP contribution in [0, 0.1) is 0 Å². The maximum absolute atomic E-state index is 10.6. The van der Waals surface area contributed by atoms with E-state index in [1.54, 1.807) is 6.07 Å². The van der Waals surface area contributed by atoms with Gasteiger partial charge in [0.15, 0.2) is 5.69 Å². The molecular formula is C13H21N3O2. The second-order valence-corrected chi connectivity index (χ2v) is 5.10. The normalized spacial score (nSPS) is 23.1. The van der Waals surface area contributed by atoms with E-state index in [1.807, 2.05) is 0 Å². The minimum atomic E-state index is -0.527. The molecule has 2 fully saturated rings. The van der Waals surface area contributed by atoms with E-state index >= 15 is 0 Å². The highest BCUT2D eigenvalue weighted by atomic mass is 16.5. The number of nitrogens with zero attached hydrogens (tertiary/aromatic N) is 1. The molecule has 18 heavy (non-hydrogen) atoms. The lowest BCUT2D eigenvalue weighted by Crippen LogP contribution is -2.30. The molecule has 1 aliphatic heterocycles. The fourth-order valence-electron chi connectivity index (χ4n) is 1.99. The van der Waals surface area contributed by atoms with Crippen molar-refractivity contribution in [2.75, 3.05) is 6.54 Å². The number of carbonyl (C=O) groups excluding carboxylic acids is 1. The molecule has 2 aliphatic rings. The number of nitrogens with two attached hydrogens (primary N) is 1. The van der Waals surface area contributed by atoms with Crippen LogP contribution in [0.25, 0.3) is 0 Å². The van der Waals surface area contributed by atoms with Gasteiger partial charge in [-0.25, -0.2) is 0 Å². The van der Waals surface area contributed by atoms with E-state index in [9.17, 15) is 4.79 Å². The summed E-state index contributed by atoms with van der Waals surface area (Å²) in [6, 6.07) is 2.41. The van der Waals surface area contributed by atoms with Crippen LogP contribution in [0.1, 0.15) is 61.2 Å². The standard InChI is InChI=1S/C7H8N2O2.C6H13N/c8-7(10)5-3-6(11-9-5)4-1-2-4;1-6-4-2-3-5-7-6/h3-4H,1-2H2,(H2,8,10);6-7H,2-5H2,1H3. The van der Waals surface area contributed by atoms with Gasteiger partial charge in [-0.1, -0.05) is 11.6 Å². The van der Waals surface area contributed by atoms with Crippen LogP contribution in [-0.4, -0.2) is 23.7 Å².